The highest BCUT2D eigenvalue weighted by Gasteiger charge is 1.98. The highest BCUT2D eigenvalue weighted by Crippen LogP contribution is 2.03. The molecule has 0 bridgehead atoms. The molecule has 19 heavy (non-hydrogen) atoms. The van der Waals surface area contributed by atoms with Crippen LogP contribution >= 0.6 is 0 Å². The topological polar surface area (TPSA) is 37.8 Å². The van der Waals surface area contributed by atoms with Crippen LogP contribution in [0.4, 0.5) is 10.3 Å². The second kappa shape index (κ2) is 5.96. The Morgan fingerprint density at radius 3 is 2.53 bits per heavy atom. The maximum atomic E-state index is 12.7. The van der Waals surface area contributed by atoms with Crippen LogP contribution in [0.5, 0.6) is 0 Å². The molecule has 2 aromatic rings. The SMILES string of the molecule is CC(C)Nc1nccc(C#Cc2ccc(F)cc2)n1. The molecule has 0 atom stereocenters. The fourth-order valence-electron chi connectivity index (χ4n) is 1.43. The fourth-order valence-corrected chi connectivity index (χ4v) is 1.43. The van der Waals surface area contributed by atoms with Crippen molar-refractivity contribution in [2.24, 2.45) is 0 Å². The van der Waals surface area contributed by atoms with Gasteiger partial charge in [0.25, 0.3) is 0 Å². The van der Waals surface area contributed by atoms with Crippen LogP contribution in [-0.4, -0.2) is 16.0 Å². The summed E-state index contributed by atoms with van der Waals surface area (Å²) in [5.74, 6) is 6.15. The van der Waals surface area contributed by atoms with E-state index in [9.17, 15) is 4.39 Å². The minimum Gasteiger partial charge on any atom is -0.352 e. The molecule has 0 saturated heterocycles. The van der Waals surface area contributed by atoms with E-state index < -0.39 is 0 Å². The first-order valence-electron chi connectivity index (χ1n) is 6.00. The highest BCUT2D eigenvalue weighted by molar-refractivity contribution is 5.41. The number of halogens is 1. The van der Waals surface area contributed by atoms with Crippen molar-refractivity contribution in [1.82, 2.24) is 9.97 Å². The minimum absolute atomic E-state index is 0.264. The molecule has 1 aromatic carbocycles. The molecule has 1 aromatic heterocycles. The number of nitrogens with zero attached hydrogens (tertiary/aromatic N) is 2. The molecule has 0 radical (unpaired) electrons. The van der Waals surface area contributed by atoms with Gasteiger partial charge in [-0.2, -0.15) is 0 Å². The van der Waals surface area contributed by atoms with Crippen molar-refractivity contribution < 1.29 is 4.39 Å². The van der Waals surface area contributed by atoms with E-state index >= 15 is 0 Å². The maximum Gasteiger partial charge on any atom is 0.224 e. The summed E-state index contributed by atoms with van der Waals surface area (Å²) in [6, 6.07) is 8.04. The zero-order chi connectivity index (χ0) is 13.7. The van der Waals surface area contributed by atoms with Gasteiger partial charge in [0.05, 0.1) is 0 Å². The predicted molar refractivity (Wildman–Crippen MR) is 73.2 cm³/mol. The number of anilines is 1. The molecule has 0 saturated carbocycles. The summed E-state index contributed by atoms with van der Waals surface area (Å²) in [7, 11) is 0. The smallest absolute Gasteiger partial charge is 0.224 e. The van der Waals surface area contributed by atoms with Crippen molar-refractivity contribution in [3.05, 3.63) is 53.6 Å². The van der Waals surface area contributed by atoms with E-state index in [1.165, 1.54) is 12.1 Å². The summed E-state index contributed by atoms with van der Waals surface area (Å²) in [6.45, 7) is 4.03. The van der Waals surface area contributed by atoms with Gasteiger partial charge in [-0.1, -0.05) is 5.92 Å². The van der Waals surface area contributed by atoms with Gasteiger partial charge in [-0.15, -0.1) is 0 Å². The third-order valence-electron chi connectivity index (χ3n) is 2.25. The molecule has 4 heteroatoms. The van der Waals surface area contributed by atoms with Crippen LogP contribution in [0.1, 0.15) is 25.1 Å². The van der Waals surface area contributed by atoms with Gasteiger partial charge in [0.2, 0.25) is 5.95 Å². The Morgan fingerprint density at radius 1 is 1.11 bits per heavy atom. The zero-order valence-corrected chi connectivity index (χ0v) is 10.8. The van der Waals surface area contributed by atoms with Gasteiger partial charge < -0.3 is 5.32 Å². The van der Waals surface area contributed by atoms with E-state index in [-0.39, 0.29) is 11.9 Å². The standard InChI is InChI=1S/C15H14FN3/c1-11(2)18-15-17-10-9-14(19-15)8-5-12-3-6-13(16)7-4-12/h3-4,6-7,9-11H,1-2H3,(H,17,18,19). The van der Waals surface area contributed by atoms with Crippen LogP contribution in [0.25, 0.3) is 0 Å². The Bertz CT molecular complexity index is 609. The first-order valence-corrected chi connectivity index (χ1v) is 6.00. The first kappa shape index (κ1) is 13.0. The van der Waals surface area contributed by atoms with E-state index in [4.69, 9.17) is 0 Å². The van der Waals surface area contributed by atoms with Crippen molar-refractivity contribution in [2.75, 3.05) is 5.32 Å². The van der Waals surface area contributed by atoms with Crippen LogP contribution in [0.3, 0.4) is 0 Å². The zero-order valence-electron chi connectivity index (χ0n) is 10.8. The average molecular weight is 255 g/mol. The van der Waals surface area contributed by atoms with Crippen LogP contribution < -0.4 is 5.32 Å². The lowest BCUT2D eigenvalue weighted by molar-refractivity contribution is 0.627. The molecule has 0 aliphatic rings. The van der Waals surface area contributed by atoms with Crippen LogP contribution in [0.15, 0.2) is 36.5 Å². The van der Waals surface area contributed by atoms with Crippen LogP contribution in [-0.2, 0) is 0 Å². The lowest BCUT2D eigenvalue weighted by atomic mass is 10.2. The third-order valence-corrected chi connectivity index (χ3v) is 2.25. The Morgan fingerprint density at radius 2 is 1.84 bits per heavy atom. The largest absolute Gasteiger partial charge is 0.352 e. The maximum absolute atomic E-state index is 12.7. The van der Waals surface area contributed by atoms with Gasteiger partial charge >= 0.3 is 0 Å². The van der Waals surface area contributed by atoms with Gasteiger partial charge in [0, 0.05) is 17.8 Å². The first-order chi connectivity index (χ1) is 9.13. The summed E-state index contributed by atoms with van der Waals surface area (Å²) in [5, 5.41) is 3.11. The summed E-state index contributed by atoms with van der Waals surface area (Å²) >= 11 is 0. The Kier molecular flexibility index (Phi) is 4.09. The summed E-state index contributed by atoms with van der Waals surface area (Å²) < 4.78 is 12.7. The molecule has 0 spiro atoms. The summed E-state index contributed by atoms with van der Waals surface area (Å²) in [5.41, 5.74) is 1.38. The van der Waals surface area contributed by atoms with Gasteiger partial charge in [-0.25, -0.2) is 14.4 Å². The third kappa shape index (κ3) is 4.07. The van der Waals surface area contributed by atoms with Gasteiger partial charge in [-0.05, 0) is 50.1 Å². The summed E-state index contributed by atoms with van der Waals surface area (Å²) in [4.78, 5) is 8.38. The lowest BCUT2D eigenvalue weighted by Crippen LogP contribution is -2.12. The molecule has 0 aliphatic heterocycles. The van der Waals surface area contributed by atoms with Crippen molar-refractivity contribution in [3.63, 3.8) is 0 Å². The van der Waals surface area contributed by atoms with E-state index in [1.807, 2.05) is 13.8 Å². The second-order valence-corrected chi connectivity index (χ2v) is 4.32. The van der Waals surface area contributed by atoms with Crippen LogP contribution in [0, 0.1) is 17.7 Å². The molecule has 0 amide bonds. The number of nitrogens with one attached hydrogen (secondary N) is 1. The number of hydrogen-bond acceptors (Lipinski definition) is 3. The fraction of sp³-hybridized carbons (Fsp3) is 0.200. The van der Waals surface area contributed by atoms with Gasteiger partial charge in [0.1, 0.15) is 11.5 Å². The predicted octanol–water partition coefficient (Wildman–Crippen LogP) is 2.84. The molecule has 0 aliphatic carbocycles. The Hall–Kier alpha value is -2.41. The number of aromatic nitrogens is 2. The number of rotatable bonds is 2. The monoisotopic (exact) mass is 255 g/mol. The second-order valence-electron chi connectivity index (χ2n) is 4.32. The Labute approximate surface area is 111 Å². The molecular weight excluding hydrogens is 241 g/mol. The van der Waals surface area contributed by atoms with Crippen molar-refractivity contribution in [1.29, 1.82) is 0 Å². The summed E-state index contributed by atoms with van der Waals surface area (Å²) in [6.07, 6.45) is 1.66. The van der Waals surface area contributed by atoms with Crippen molar-refractivity contribution >= 4 is 5.95 Å². The minimum atomic E-state index is -0.268. The van der Waals surface area contributed by atoms with E-state index in [0.717, 1.165) is 5.56 Å². The van der Waals surface area contributed by atoms with Gasteiger partial charge in [0.15, 0.2) is 0 Å². The molecule has 2 rings (SSSR count). The van der Waals surface area contributed by atoms with Gasteiger partial charge in [-0.3, -0.25) is 0 Å². The normalized spacial score (nSPS) is 9.89. The number of hydrogen-bond donors (Lipinski definition) is 1. The molecule has 96 valence electrons. The lowest BCUT2D eigenvalue weighted by Gasteiger charge is -2.06. The molecule has 1 heterocycles. The van der Waals surface area contributed by atoms with E-state index in [1.54, 1.807) is 24.4 Å². The molecule has 0 unspecified atom stereocenters. The average Bonchev–Trinajstić information content (AvgIpc) is 2.38. The van der Waals surface area contributed by atoms with Crippen LogP contribution in [0.2, 0.25) is 0 Å². The number of benzene rings is 1. The van der Waals surface area contributed by atoms with Crippen molar-refractivity contribution in [2.45, 2.75) is 19.9 Å². The molecule has 1 N–H and O–H groups in total. The Balaban J connectivity index is 2.17. The van der Waals surface area contributed by atoms with E-state index in [0.29, 0.717) is 11.6 Å². The quantitative estimate of drug-likeness (QED) is 0.838. The molecule has 0 fully saturated rings. The van der Waals surface area contributed by atoms with Crippen molar-refractivity contribution in [3.8, 4) is 11.8 Å². The molecular formula is C15H14FN3. The highest BCUT2D eigenvalue weighted by atomic mass is 19.1. The van der Waals surface area contributed by atoms with E-state index in [2.05, 4.69) is 27.1 Å². The molecule has 3 nitrogen and oxygen atoms in total.